The van der Waals surface area contributed by atoms with Crippen molar-refractivity contribution in [2.24, 2.45) is 0 Å². The van der Waals surface area contributed by atoms with Crippen LogP contribution in [0.1, 0.15) is 18.4 Å². The quantitative estimate of drug-likeness (QED) is 0.685. The van der Waals surface area contributed by atoms with Crippen LogP contribution in [0.4, 0.5) is 13.2 Å². The van der Waals surface area contributed by atoms with E-state index in [1.54, 1.807) is 19.1 Å². The van der Waals surface area contributed by atoms with Crippen LogP contribution in [-0.2, 0) is 27.5 Å². The molecule has 0 amide bonds. The van der Waals surface area contributed by atoms with Gasteiger partial charge in [-0.1, -0.05) is 36.3 Å². The van der Waals surface area contributed by atoms with Gasteiger partial charge in [-0.25, -0.2) is 8.42 Å². The first-order valence-electron chi connectivity index (χ1n) is 7.64. The highest BCUT2D eigenvalue weighted by Gasteiger charge is 2.38. The first-order chi connectivity index (χ1) is 12.2. The molecule has 0 saturated heterocycles. The minimum atomic E-state index is -4.70. The van der Waals surface area contributed by atoms with Crippen molar-refractivity contribution < 1.29 is 30.8 Å². The lowest BCUT2D eigenvalue weighted by Gasteiger charge is -2.20. The number of aromatic nitrogens is 2. The van der Waals surface area contributed by atoms with Crippen molar-refractivity contribution in [3.63, 3.8) is 0 Å². The van der Waals surface area contributed by atoms with E-state index < -0.39 is 22.1 Å². The number of methoxy groups -OCH3 is 1. The zero-order valence-electron chi connectivity index (χ0n) is 14.2. The molecule has 0 aliphatic rings. The number of hydrogen-bond acceptors (Lipinski definition) is 6. The Labute approximate surface area is 148 Å². The number of sulfonamides is 1. The maximum Gasteiger partial charge on any atom is 0.471 e. The second-order valence-electron chi connectivity index (χ2n) is 5.35. The third-order valence-corrected chi connectivity index (χ3v) is 5.39. The van der Waals surface area contributed by atoms with E-state index in [1.807, 2.05) is 0 Å². The number of nitrogens with zero attached hydrogens (tertiary/aromatic N) is 3. The Morgan fingerprint density at radius 1 is 1.23 bits per heavy atom. The molecule has 0 unspecified atom stereocenters. The zero-order valence-corrected chi connectivity index (χ0v) is 15.0. The van der Waals surface area contributed by atoms with E-state index in [4.69, 9.17) is 4.74 Å². The van der Waals surface area contributed by atoms with Gasteiger partial charge < -0.3 is 9.26 Å². The van der Waals surface area contributed by atoms with Crippen molar-refractivity contribution in [1.82, 2.24) is 14.4 Å². The first kappa shape index (κ1) is 20.3. The molecule has 2 rings (SSSR count). The van der Waals surface area contributed by atoms with Gasteiger partial charge in [-0.3, -0.25) is 0 Å². The molecule has 2 aromatic rings. The van der Waals surface area contributed by atoms with Gasteiger partial charge in [0.25, 0.3) is 0 Å². The van der Waals surface area contributed by atoms with Gasteiger partial charge >= 0.3 is 12.1 Å². The summed E-state index contributed by atoms with van der Waals surface area (Å²) in [7, 11) is -2.04. The number of ether oxygens (including phenoxy) is 1. The van der Waals surface area contributed by atoms with Gasteiger partial charge in [0.05, 0.1) is 12.4 Å². The molecule has 144 valence electrons. The summed E-state index contributed by atoms with van der Waals surface area (Å²) in [5.41, 5.74) is 1.01. The van der Waals surface area contributed by atoms with Crippen LogP contribution >= 0.6 is 0 Å². The van der Waals surface area contributed by atoms with E-state index in [-0.39, 0.29) is 31.3 Å². The maximum absolute atomic E-state index is 12.5. The summed E-state index contributed by atoms with van der Waals surface area (Å²) >= 11 is 0. The summed E-state index contributed by atoms with van der Waals surface area (Å²) in [6.45, 7) is 2.24. The number of benzene rings is 1. The van der Waals surface area contributed by atoms with E-state index >= 15 is 0 Å². The van der Waals surface area contributed by atoms with Gasteiger partial charge in [-0.2, -0.15) is 22.5 Å². The molecular weight excluding hydrogens is 375 g/mol. The standard InChI is InChI=1S/C15H18F3N3O4S/c1-3-21(26(22,23)9-8-24-2)10-11-4-6-12(7-5-11)13-19-14(25-20-13)15(16,17)18/h4-7H,3,8-10H2,1-2H3. The molecule has 7 nitrogen and oxygen atoms in total. The Kier molecular flexibility index (Phi) is 6.37. The Morgan fingerprint density at radius 2 is 1.88 bits per heavy atom. The van der Waals surface area contributed by atoms with Gasteiger partial charge in [0.15, 0.2) is 0 Å². The summed E-state index contributed by atoms with van der Waals surface area (Å²) < 4.78 is 72.2. The monoisotopic (exact) mass is 393 g/mol. The molecule has 0 bridgehead atoms. The van der Waals surface area contributed by atoms with Crippen LogP contribution < -0.4 is 0 Å². The lowest BCUT2D eigenvalue weighted by atomic mass is 10.1. The fourth-order valence-electron chi connectivity index (χ4n) is 2.14. The van der Waals surface area contributed by atoms with Gasteiger partial charge in [0, 0.05) is 25.8 Å². The molecule has 0 saturated carbocycles. The molecule has 0 aliphatic heterocycles. The SMILES string of the molecule is CCN(Cc1ccc(-c2noc(C(F)(F)F)n2)cc1)S(=O)(=O)CCOC. The average molecular weight is 393 g/mol. The number of rotatable bonds is 8. The second kappa shape index (κ2) is 8.14. The maximum atomic E-state index is 12.5. The van der Waals surface area contributed by atoms with Gasteiger partial charge in [-0.05, 0) is 5.56 Å². The van der Waals surface area contributed by atoms with Crippen molar-refractivity contribution >= 4 is 10.0 Å². The lowest BCUT2D eigenvalue weighted by Crippen LogP contribution is -2.33. The van der Waals surface area contributed by atoms with E-state index in [1.165, 1.54) is 23.5 Å². The number of halogens is 3. The van der Waals surface area contributed by atoms with E-state index in [2.05, 4.69) is 14.7 Å². The minimum absolute atomic E-state index is 0.0944. The molecule has 0 aliphatic carbocycles. The van der Waals surface area contributed by atoms with Gasteiger partial charge in [0.2, 0.25) is 15.8 Å². The smallest absolute Gasteiger partial charge is 0.384 e. The molecular formula is C15H18F3N3O4S. The van der Waals surface area contributed by atoms with Crippen LogP contribution in [0.15, 0.2) is 28.8 Å². The highest BCUT2D eigenvalue weighted by molar-refractivity contribution is 7.89. The van der Waals surface area contributed by atoms with Crippen LogP contribution in [0.25, 0.3) is 11.4 Å². The number of alkyl halides is 3. The van der Waals surface area contributed by atoms with Crippen LogP contribution in [-0.4, -0.2) is 48.9 Å². The molecule has 11 heteroatoms. The summed E-state index contributed by atoms with van der Waals surface area (Å²) in [6, 6.07) is 6.23. The third-order valence-electron chi connectivity index (χ3n) is 3.53. The largest absolute Gasteiger partial charge is 0.471 e. The van der Waals surface area contributed by atoms with E-state index in [0.29, 0.717) is 11.1 Å². The van der Waals surface area contributed by atoms with Crippen molar-refractivity contribution in [2.45, 2.75) is 19.6 Å². The van der Waals surface area contributed by atoms with Crippen molar-refractivity contribution in [2.75, 3.05) is 26.0 Å². The topological polar surface area (TPSA) is 85.5 Å². The first-order valence-corrected chi connectivity index (χ1v) is 9.25. The highest BCUT2D eigenvalue weighted by Crippen LogP contribution is 2.29. The Hall–Kier alpha value is -1.98. The van der Waals surface area contributed by atoms with Crippen molar-refractivity contribution in [3.8, 4) is 11.4 Å². The Balaban J connectivity index is 2.12. The summed E-state index contributed by atoms with van der Waals surface area (Å²) in [4.78, 5) is 3.31. The van der Waals surface area contributed by atoms with Crippen molar-refractivity contribution in [1.29, 1.82) is 0 Å². The molecule has 1 heterocycles. The van der Waals surface area contributed by atoms with Gasteiger partial charge in [0.1, 0.15) is 0 Å². The van der Waals surface area contributed by atoms with E-state index in [0.717, 1.165) is 0 Å². The molecule has 0 radical (unpaired) electrons. The predicted molar refractivity (Wildman–Crippen MR) is 86.5 cm³/mol. The molecule has 26 heavy (non-hydrogen) atoms. The zero-order chi connectivity index (χ0) is 19.4. The van der Waals surface area contributed by atoms with Crippen LogP contribution in [0.2, 0.25) is 0 Å². The Bertz CT molecular complexity index is 819. The molecule has 0 N–H and O–H groups in total. The summed E-state index contributed by atoms with van der Waals surface area (Å²) in [6.07, 6.45) is -4.70. The Morgan fingerprint density at radius 3 is 2.38 bits per heavy atom. The molecule has 0 spiro atoms. The lowest BCUT2D eigenvalue weighted by molar-refractivity contribution is -0.159. The third kappa shape index (κ3) is 5.02. The molecule has 0 atom stereocenters. The summed E-state index contributed by atoms with van der Waals surface area (Å²) in [5, 5.41) is 3.31. The summed E-state index contributed by atoms with van der Waals surface area (Å²) in [5.74, 6) is -1.74. The highest BCUT2D eigenvalue weighted by atomic mass is 32.2. The number of hydrogen-bond donors (Lipinski definition) is 0. The fraction of sp³-hybridized carbons (Fsp3) is 0.467. The molecule has 0 fully saturated rings. The minimum Gasteiger partial charge on any atom is -0.384 e. The molecule has 1 aromatic carbocycles. The van der Waals surface area contributed by atoms with Gasteiger partial charge in [-0.15, -0.1) is 0 Å². The fourth-order valence-corrected chi connectivity index (χ4v) is 3.52. The average Bonchev–Trinajstić information content (AvgIpc) is 3.08. The second-order valence-corrected chi connectivity index (χ2v) is 7.44. The van der Waals surface area contributed by atoms with Crippen LogP contribution in [0.3, 0.4) is 0 Å². The normalized spacial score (nSPS) is 12.7. The van der Waals surface area contributed by atoms with E-state index in [9.17, 15) is 21.6 Å². The van der Waals surface area contributed by atoms with Crippen LogP contribution in [0.5, 0.6) is 0 Å². The van der Waals surface area contributed by atoms with Crippen molar-refractivity contribution in [3.05, 3.63) is 35.7 Å². The van der Waals surface area contributed by atoms with Crippen LogP contribution in [0, 0.1) is 0 Å². The predicted octanol–water partition coefficient (Wildman–Crippen LogP) is 2.55. The molecule has 1 aromatic heterocycles.